The van der Waals surface area contributed by atoms with Crippen LogP contribution in [-0.4, -0.2) is 25.8 Å². The lowest BCUT2D eigenvalue weighted by Crippen LogP contribution is -2.32. The third-order valence-corrected chi connectivity index (χ3v) is 6.35. The van der Waals surface area contributed by atoms with Crippen LogP contribution in [0.3, 0.4) is 0 Å². The first-order valence-corrected chi connectivity index (χ1v) is 11.7. The summed E-state index contributed by atoms with van der Waals surface area (Å²) in [5.74, 6) is 1.40. The van der Waals surface area contributed by atoms with Crippen LogP contribution in [0.5, 0.6) is 0 Å². The number of hydrogen-bond donors (Lipinski definition) is 2. The first-order valence-electron chi connectivity index (χ1n) is 10.8. The van der Waals surface area contributed by atoms with Crippen molar-refractivity contribution >= 4 is 39.7 Å². The molecule has 0 saturated heterocycles. The van der Waals surface area contributed by atoms with Crippen molar-refractivity contribution in [2.24, 2.45) is 5.92 Å². The van der Waals surface area contributed by atoms with Crippen LogP contribution in [0.2, 0.25) is 0 Å². The number of furan rings is 1. The second-order valence-electron chi connectivity index (χ2n) is 8.06. The van der Waals surface area contributed by atoms with E-state index in [0.717, 1.165) is 27.8 Å². The monoisotopic (exact) mass is 457 g/mol. The van der Waals surface area contributed by atoms with E-state index < -0.39 is 0 Å². The van der Waals surface area contributed by atoms with Crippen LogP contribution in [0.4, 0.5) is 0 Å². The van der Waals surface area contributed by atoms with Crippen LogP contribution in [-0.2, 0) is 5.75 Å². The van der Waals surface area contributed by atoms with E-state index in [4.69, 9.17) is 9.40 Å². The molecule has 2 N–H and O–H groups in total. The largest absolute Gasteiger partial charge is 0.451 e. The zero-order valence-corrected chi connectivity index (χ0v) is 19.1. The number of nitrogens with zero attached hydrogens (tertiary/aromatic N) is 3. The second kappa shape index (κ2) is 9.07. The molecule has 0 spiro atoms. The number of amides is 1. The van der Waals surface area contributed by atoms with Crippen molar-refractivity contribution in [3.05, 3.63) is 84.1 Å². The van der Waals surface area contributed by atoms with Crippen molar-refractivity contribution in [1.29, 1.82) is 0 Å². The number of rotatable bonds is 7. The molecule has 0 aliphatic carbocycles. The Labute approximate surface area is 195 Å². The van der Waals surface area contributed by atoms with Gasteiger partial charge in [-0.05, 0) is 30.2 Å². The molecule has 0 radical (unpaired) electrons. The summed E-state index contributed by atoms with van der Waals surface area (Å²) in [7, 11) is 0. The first-order chi connectivity index (χ1) is 16.1. The van der Waals surface area contributed by atoms with Crippen LogP contribution in [0.15, 0.2) is 76.6 Å². The number of aromatic amines is 1. The van der Waals surface area contributed by atoms with Gasteiger partial charge in [0, 0.05) is 29.1 Å². The summed E-state index contributed by atoms with van der Waals surface area (Å²) in [5, 5.41) is 4.70. The van der Waals surface area contributed by atoms with Gasteiger partial charge in [0.25, 0.3) is 5.91 Å². The Morgan fingerprint density at radius 3 is 2.61 bits per heavy atom. The van der Waals surface area contributed by atoms with E-state index in [1.54, 1.807) is 18.5 Å². The number of carbonyl (C=O) groups excluding carboxylic acids is 1. The van der Waals surface area contributed by atoms with Crippen LogP contribution in [0, 0.1) is 5.92 Å². The van der Waals surface area contributed by atoms with E-state index >= 15 is 0 Å². The van der Waals surface area contributed by atoms with Crippen LogP contribution < -0.4 is 5.32 Å². The van der Waals surface area contributed by atoms with Gasteiger partial charge in [-0.1, -0.05) is 55.9 Å². The van der Waals surface area contributed by atoms with Crippen LogP contribution in [0.1, 0.15) is 41.8 Å². The van der Waals surface area contributed by atoms with Gasteiger partial charge in [-0.3, -0.25) is 4.79 Å². The smallest absolute Gasteiger partial charge is 0.287 e. The minimum atomic E-state index is -0.295. The Morgan fingerprint density at radius 2 is 1.82 bits per heavy atom. The van der Waals surface area contributed by atoms with Gasteiger partial charge in [0.1, 0.15) is 11.4 Å². The summed E-state index contributed by atoms with van der Waals surface area (Å²) in [5.41, 5.74) is 3.32. The van der Waals surface area contributed by atoms with Crippen molar-refractivity contribution in [2.45, 2.75) is 30.8 Å². The molecule has 3 aromatic heterocycles. The number of carbonyl (C=O) groups is 1. The summed E-state index contributed by atoms with van der Waals surface area (Å²) >= 11 is 1.47. The average molecular weight is 458 g/mol. The van der Waals surface area contributed by atoms with Crippen molar-refractivity contribution in [1.82, 2.24) is 25.3 Å². The molecule has 8 heteroatoms. The first kappa shape index (κ1) is 21.2. The molecular formula is C25H23N5O2S. The number of aromatic nitrogens is 4. The Morgan fingerprint density at radius 1 is 1.06 bits per heavy atom. The van der Waals surface area contributed by atoms with Gasteiger partial charge in [0.15, 0.2) is 10.9 Å². The Kier molecular flexibility index (Phi) is 5.83. The standard InChI is InChI=1S/C25H23N5O2S/c1-15(2)21(23-28-18-9-4-5-10-19(18)29-23)30-24(31)22-17(14-33-25-26-12-7-13-27-25)16-8-3-6-11-20(16)32-22/h3-13,15,21H,14H2,1-2H3,(H,28,29)(H,30,31)/t21-/m0/s1. The van der Waals surface area contributed by atoms with Gasteiger partial charge >= 0.3 is 0 Å². The number of H-pyrrole nitrogens is 1. The molecule has 0 aliphatic heterocycles. The van der Waals surface area contributed by atoms with Gasteiger partial charge in [0.05, 0.1) is 17.1 Å². The van der Waals surface area contributed by atoms with Crippen molar-refractivity contribution in [3.8, 4) is 0 Å². The SMILES string of the molecule is CC(C)[C@H](NC(=O)c1oc2ccccc2c1CSc1ncccn1)c1nc2ccccc2[nH]1. The summed E-state index contributed by atoms with van der Waals surface area (Å²) in [4.78, 5) is 30.1. The van der Waals surface area contributed by atoms with E-state index in [-0.39, 0.29) is 17.9 Å². The Balaban J connectivity index is 1.46. The third-order valence-electron chi connectivity index (χ3n) is 5.45. The number of benzene rings is 2. The third kappa shape index (κ3) is 4.34. The quantitative estimate of drug-likeness (QED) is 0.247. The van der Waals surface area contributed by atoms with Gasteiger partial charge < -0.3 is 14.7 Å². The van der Waals surface area contributed by atoms with Crippen molar-refractivity contribution in [2.75, 3.05) is 0 Å². The molecule has 2 aromatic carbocycles. The number of thioether (sulfide) groups is 1. The van der Waals surface area contributed by atoms with Crippen molar-refractivity contribution < 1.29 is 9.21 Å². The number of hydrogen-bond acceptors (Lipinski definition) is 6. The molecule has 3 heterocycles. The molecule has 0 aliphatic rings. The summed E-state index contributed by atoms with van der Waals surface area (Å²) in [6.45, 7) is 4.11. The minimum Gasteiger partial charge on any atom is -0.451 e. The average Bonchev–Trinajstić information content (AvgIpc) is 3.43. The molecule has 5 aromatic rings. The second-order valence-corrected chi connectivity index (χ2v) is 9.00. The van der Waals surface area contributed by atoms with E-state index in [9.17, 15) is 4.79 Å². The molecule has 7 nitrogen and oxygen atoms in total. The predicted molar refractivity (Wildman–Crippen MR) is 129 cm³/mol. The van der Waals surface area contributed by atoms with E-state index in [2.05, 4.69) is 34.1 Å². The number of nitrogens with one attached hydrogen (secondary N) is 2. The lowest BCUT2D eigenvalue weighted by atomic mass is 10.0. The number of imidazole rings is 1. The highest BCUT2D eigenvalue weighted by molar-refractivity contribution is 7.98. The van der Waals surface area contributed by atoms with Crippen molar-refractivity contribution in [3.63, 3.8) is 0 Å². The lowest BCUT2D eigenvalue weighted by molar-refractivity contribution is 0.0896. The van der Waals surface area contributed by atoms with E-state index in [0.29, 0.717) is 22.3 Å². The summed E-state index contributed by atoms with van der Waals surface area (Å²) in [6.07, 6.45) is 3.41. The molecule has 5 rings (SSSR count). The highest BCUT2D eigenvalue weighted by atomic mass is 32.2. The summed E-state index contributed by atoms with van der Waals surface area (Å²) < 4.78 is 6.03. The zero-order valence-electron chi connectivity index (χ0n) is 18.3. The highest BCUT2D eigenvalue weighted by Gasteiger charge is 2.27. The molecule has 1 atom stereocenters. The zero-order chi connectivity index (χ0) is 22.8. The van der Waals surface area contributed by atoms with Gasteiger partial charge in [-0.15, -0.1) is 0 Å². The normalized spacial score (nSPS) is 12.5. The van der Waals surface area contributed by atoms with Crippen LogP contribution in [0.25, 0.3) is 22.0 Å². The van der Waals surface area contributed by atoms with Gasteiger partial charge in [0.2, 0.25) is 0 Å². The minimum absolute atomic E-state index is 0.120. The van der Waals surface area contributed by atoms with Gasteiger partial charge in [-0.25, -0.2) is 15.0 Å². The maximum atomic E-state index is 13.5. The fraction of sp³-hybridized carbons (Fsp3) is 0.200. The van der Waals surface area contributed by atoms with Gasteiger partial charge in [-0.2, -0.15) is 0 Å². The fourth-order valence-electron chi connectivity index (χ4n) is 3.80. The fourth-order valence-corrected chi connectivity index (χ4v) is 4.63. The maximum absolute atomic E-state index is 13.5. The maximum Gasteiger partial charge on any atom is 0.287 e. The topological polar surface area (TPSA) is 96.7 Å². The molecule has 0 bridgehead atoms. The molecule has 0 unspecified atom stereocenters. The molecular weight excluding hydrogens is 434 g/mol. The number of fused-ring (bicyclic) bond motifs is 2. The van der Waals surface area contributed by atoms with E-state index in [1.165, 1.54) is 11.8 Å². The number of para-hydroxylation sites is 3. The highest BCUT2D eigenvalue weighted by Crippen LogP contribution is 2.32. The Hall–Kier alpha value is -3.65. The summed E-state index contributed by atoms with van der Waals surface area (Å²) in [6, 6.07) is 17.0. The molecule has 0 saturated carbocycles. The predicted octanol–water partition coefficient (Wildman–Crippen LogP) is 5.52. The van der Waals surface area contributed by atoms with Crippen LogP contribution >= 0.6 is 11.8 Å². The molecule has 0 fully saturated rings. The Bertz CT molecular complexity index is 1380. The molecule has 1 amide bonds. The molecule has 166 valence electrons. The van der Waals surface area contributed by atoms with E-state index in [1.807, 2.05) is 48.5 Å². The lowest BCUT2D eigenvalue weighted by Gasteiger charge is -2.20. The molecule has 33 heavy (non-hydrogen) atoms.